The molecule has 0 saturated heterocycles. The molecule has 0 unspecified atom stereocenters. The number of hydrogen-bond acceptors (Lipinski definition) is 4. The van der Waals surface area contributed by atoms with Gasteiger partial charge in [0.2, 0.25) is 0 Å². The molecule has 0 fully saturated rings. The number of rotatable bonds is 8. The smallest absolute Gasteiger partial charge is 0.478 e. The third-order valence-electron chi connectivity index (χ3n) is 4.94. The van der Waals surface area contributed by atoms with E-state index in [-0.39, 0.29) is 23.4 Å². The van der Waals surface area contributed by atoms with Crippen molar-refractivity contribution in [3.8, 4) is 5.75 Å². The highest BCUT2D eigenvalue weighted by Crippen LogP contribution is 2.27. The Hall–Kier alpha value is -3.27. The Balaban J connectivity index is 1.81. The summed E-state index contributed by atoms with van der Waals surface area (Å²) in [6, 6.07) is 15.1. The standard InChI is InChI=1S/C23H20BrF3N2O4/c1-28(17-3-2-4-18(13-17)33-23(25,26)27)14-20-19(24)9-10-21(30)29(20)12-11-15-5-7-16(8-6-15)22(31)32/h2-10,13H,11-12,14H2,1H3,(H,31,32). The molecular formula is C23H20BrF3N2O4. The predicted octanol–water partition coefficient (Wildman–Crippen LogP) is 5.09. The van der Waals surface area contributed by atoms with Crippen LogP contribution in [0.5, 0.6) is 5.75 Å². The van der Waals surface area contributed by atoms with Crippen LogP contribution < -0.4 is 15.2 Å². The minimum atomic E-state index is -4.79. The number of aromatic carboxylic acids is 1. The quantitative estimate of drug-likeness (QED) is 0.444. The van der Waals surface area contributed by atoms with Gasteiger partial charge in [-0.3, -0.25) is 4.79 Å². The predicted molar refractivity (Wildman–Crippen MR) is 121 cm³/mol. The number of ether oxygens (including phenoxy) is 1. The lowest BCUT2D eigenvalue weighted by Gasteiger charge is -2.23. The van der Waals surface area contributed by atoms with Crippen LogP contribution in [0.1, 0.15) is 21.6 Å². The molecule has 1 N–H and O–H groups in total. The van der Waals surface area contributed by atoms with Crippen LogP contribution in [-0.4, -0.2) is 29.1 Å². The van der Waals surface area contributed by atoms with Gasteiger partial charge in [0.1, 0.15) is 5.75 Å². The maximum atomic E-state index is 12.6. The van der Waals surface area contributed by atoms with Crippen molar-refractivity contribution in [1.29, 1.82) is 0 Å². The van der Waals surface area contributed by atoms with Crippen molar-refractivity contribution in [1.82, 2.24) is 4.57 Å². The van der Waals surface area contributed by atoms with Crippen molar-refractivity contribution >= 4 is 27.6 Å². The summed E-state index contributed by atoms with van der Waals surface area (Å²) in [6.07, 6.45) is -4.30. The summed E-state index contributed by atoms with van der Waals surface area (Å²) in [5.41, 5.74) is 1.95. The largest absolute Gasteiger partial charge is 0.573 e. The molecule has 0 aliphatic carbocycles. The summed E-state index contributed by atoms with van der Waals surface area (Å²) in [5.74, 6) is -1.35. The van der Waals surface area contributed by atoms with Crippen LogP contribution in [0, 0.1) is 0 Å². The van der Waals surface area contributed by atoms with Crippen molar-refractivity contribution in [2.24, 2.45) is 0 Å². The average Bonchev–Trinajstić information content (AvgIpc) is 2.75. The molecule has 0 spiro atoms. The second-order valence-corrected chi connectivity index (χ2v) is 8.13. The molecule has 0 aliphatic heterocycles. The highest BCUT2D eigenvalue weighted by molar-refractivity contribution is 9.10. The van der Waals surface area contributed by atoms with Crippen molar-refractivity contribution in [3.63, 3.8) is 0 Å². The second kappa shape index (κ2) is 10.1. The number of hydrogen-bond donors (Lipinski definition) is 1. The van der Waals surface area contributed by atoms with Gasteiger partial charge in [-0.2, -0.15) is 0 Å². The minimum absolute atomic E-state index is 0.178. The molecule has 0 atom stereocenters. The van der Waals surface area contributed by atoms with Crippen LogP contribution >= 0.6 is 15.9 Å². The van der Waals surface area contributed by atoms with Crippen molar-refractivity contribution in [2.75, 3.05) is 11.9 Å². The summed E-state index contributed by atoms with van der Waals surface area (Å²) in [6.45, 7) is 0.579. The first kappa shape index (κ1) is 24.4. The molecule has 0 saturated carbocycles. The molecule has 6 nitrogen and oxygen atoms in total. The van der Waals surface area contributed by atoms with E-state index >= 15 is 0 Å². The average molecular weight is 525 g/mol. The Morgan fingerprint density at radius 2 is 1.82 bits per heavy atom. The van der Waals surface area contributed by atoms with Gasteiger partial charge in [0.05, 0.1) is 17.8 Å². The number of benzene rings is 2. The molecule has 10 heteroatoms. The number of halogens is 4. The Kier molecular flexibility index (Phi) is 7.47. The molecule has 0 radical (unpaired) electrons. The lowest BCUT2D eigenvalue weighted by Crippen LogP contribution is -2.28. The first-order chi connectivity index (χ1) is 15.5. The van der Waals surface area contributed by atoms with Gasteiger partial charge in [0, 0.05) is 35.9 Å². The zero-order valence-corrected chi connectivity index (χ0v) is 19.1. The maximum absolute atomic E-state index is 12.6. The SMILES string of the molecule is CN(Cc1c(Br)ccc(=O)n1CCc1ccc(C(=O)O)cc1)c1cccc(OC(F)(F)F)c1. The normalized spacial score (nSPS) is 11.3. The van der Waals surface area contributed by atoms with Crippen molar-refractivity contribution in [2.45, 2.75) is 25.9 Å². The van der Waals surface area contributed by atoms with Crippen molar-refractivity contribution in [3.05, 3.63) is 92.3 Å². The lowest BCUT2D eigenvalue weighted by atomic mass is 10.1. The summed E-state index contributed by atoms with van der Waals surface area (Å²) in [7, 11) is 1.70. The molecule has 1 aromatic heterocycles. The zero-order chi connectivity index (χ0) is 24.2. The number of nitrogens with zero attached hydrogens (tertiary/aromatic N) is 2. The number of anilines is 1. The second-order valence-electron chi connectivity index (χ2n) is 7.27. The van der Waals surface area contributed by atoms with Gasteiger partial charge in [-0.15, -0.1) is 13.2 Å². The number of carboxylic acid groups (broad SMARTS) is 1. The highest BCUT2D eigenvalue weighted by Gasteiger charge is 2.31. The zero-order valence-electron chi connectivity index (χ0n) is 17.5. The van der Waals surface area contributed by atoms with Gasteiger partial charge in [0.15, 0.2) is 0 Å². The minimum Gasteiger partial charge on any atom is -0.478 e. The molecule has 2 aromatic carbocycles. The van der Waals surface area contributed by atoms with Crippen LogP contribution in [0.15, 0.2) is 69.9 Å². The lowest BCUT2D eigenvalue weighted by molar-refractivity contribution is -0.274. The van der Waals surface area contributed by atoms with Gasteiger partial charge in [-0.05, 0) is 58.2 Å². The van der Waals surface area contributed by atoms with E-state index in [1.165, 1.54) is 36.4 Å². The van der Waals surface area contributed by atoms with Crippen LogP contribution in [0.3, 0.4) is 0 Å². The molecule has 0 aliphatic rings. The van der Waals surface area contributed by atoms with E-state index in [2.05, 4.69) is 20.7 Å². The van der Waals surface area contributed by atoms with Gasteiger partial charge < -0.3 is 19.3 Å². The van der Waals surface area contributed by atoms with Crippen LogP contribution in [-0.2, 0) is 19.5 Å². The van der Waals surface area contributed by atoms with Gasteiger partial charge in [-0.1, -0.05) is 18.2 Å². The summed E-state index contributed by atoms with van der Waals surface area (Å²) in [4.78, 5) is 25.3. The van der Waals surface area contributed by atoms with E-state index in [1.54, 1.807) is 40.8 Å². The number of aromatic nitrogens is 1. The fourth-order valence-corrected chi connectivity index (χ4v) is 3.76. The molecule has 0 bridgehead atoms. The number of aryl methyl sites for hydroxylation is 1. The molecule has 3 rings (SSSR count). The first-order valence-corrected chi connectivity index (χ1v) is 10.6. The fraction of sp³-hybridized carbons (Fsp3) is 0.217. The summed E-state index contributed by atoms with van der Waals surface area (Å²) >= 11 is 3.46. The maximum Gasteiger partial charge on any atom is 0.573 e. The Bertz CT molecular complexity index is 1190. The fourth-order valence-electron chi connectivity index (χ4n) is 3.29. The van der Waals surface area contributed by atoms with E-state index in [4.69, 9.17) is 5.11 Å². The van der Waals surface area contributed by atoms with E-state index in [0.29, 0.717) is 28.8 Å². The highest BCUT2D eigenvalue weighted by atomic mass is 79.9. The van der Waals surface area contributed by atoms with E-state index in [1.807, 2.05) is 0 Å². The molecular weight excluding hydrogens is 505 g/mol. The Labute approximate surface area is 196 Å². The van der Waals surface area contributed by atoms with E-state index in [0.717, 1.165) is 5.56 Å². The number of carbonyl (C=O) groups is 1. The summed E-state index contributed by atoms with van der Waals surface area (Å²) < 4.78 is 43.9. The summed E-state index contributed by atoms with van der Waals surface area (Å²) in [5, 5.41) is 9.02. The van der Waals surface area contributed by atoms with Gasteiger partial charge >= 0.3 is 12.3 Å². The molecule has 174 valence electrons. The Morgan fingerprint density at radius 1 is 1.12 bits per heavy atom. The number of alkyl halides is 3. The number of pyridine rings is 1. The van der Waals surface area contributed by atoms with Gasteiger partial charge in [-0.25, -0.2) is 4.79 Å². The molecule has 3 aromatic rings. The van der Waals surface area contributed by atoms with E-state index in [9.17, 15) is 22.8 Å². The molecule has 33 heavy (non-hydrogen) atoms. The topological polar surface area (TPSA) is 71.8 Å². The first-order valence-electron chi connectivity index (χ1n) is 9.81. The monoisotopic (exact) mass is 524 g/mol. The Morgan fingerprint density at radius 3 is 2.45 bits per heavy atom. The number of carboxylic acids is 1. The van der Waals surface area contributed by atoms with Crippen LogP contribution in [0.4, 0.5) is 18.9 Å². The molecule has 0 amide bonds. The third kappa shape index (κ3) is 6.61. The van der Waals surface area contributed by atoms with Crippen LogP contribution in [0.25, 0.3) is 0 Å². The molecule has 1 heterocycles. The van der Waals surface area contributed by atoms with Crippen molar-refractivity contribution < 1.29 is 27.8 Å². The van der Waals surface area contributed by atoms with Gasteiger partial charge in [0.25, 0.3) is 5.56 Å². The van der Waals surface area contributed by atoms with Crippen LogP contribution in [0.2, 0.25) is 0 Å². The van der Waals surface area contributed by atoms with E-state index < -0.39 is 12.3 Å². The third-order valence-corrected chi connectivity index (χ3v) is 5.67.